The third-order valence-electron chi connectivity index (χ3n) is 5.83. The minimum atomic E-state index is -0.171. The number of pyridine rings is 1. The van der Waals surface area contributed by atoms with Crippen LogP contribution in [0, 0.1) is 18.3 Å². The van der Waals surface area contributed by atoms with Crippen LogP contribution >= 0.6 is 11.3 Å². The summed E-state index contributed by atoms with van der Waals surface area (Å²) in [7, 11) is 0. The van der Waals surface area contributed by atoms with Crippen LogP contribution < -0.4 is 11.1 Å². The molecular formula is C23H27N3OS. The number of benzene rings is 1. The van der Waals surface area contributed by atoms with E-state index < -0.39 is 0 Å². The standard InChI is InChI=1S/C23H27N3OS/c1-13-5-8-16(9-6-13)25-21(27)20-19(24)17-12-14-11-15(23(2,3)4)7-10-18(14)26-22(17)28-20/h5-6,8-9,12,15H,7,10-11,24H2,1-4H3,(H,25,27). The van der Waals surface area contributed by atoms with Gasteiger partial charge in [0.25, 0.3) is 5.91 Å². The molecule has 3 N–H and O–H groups in total. The highest BCUT2D eigenvalue weighted by atomic mass is 32.1. The van der Waals surface area contributed by atoms with Crippen LogP contribution in [0.2, 0.25) is 0 Å². The van der Waals surface area contributed by atoms with Gasteiger partial charge >= 0.3 is 0 Å². The van der Waals surface area contributed by atoms with Crippen molar-refractivity contribution in [1.29, 1.82) is 0 Å². The Balaban J connectivity index is 1.65. The summed E-state index contributed by atoms with van der Waals surface area (Å²) in [5.41, 5.74) is 11.6. The fourth-order valence-corrected chi connectivity index (χ4v) is 4.91. The SMILES string of the molecule is Cc1ccc(NC(=O)c2sc3nc4c(cc3c2N)CC(C(C)(C)C)CC4)cc1. The quantitative estimate of drug-likeness (QED) is 0.596. The maximum absolute atomic E-state index is 12.8. The lowest BCUT2D eigenvalue weighted by atomic mass is 9.71. The molecule has 0 bridgehead atoms. The number of hydrogen-bond donors (Lipinski definition) is 2. The maximum Gasteiger partial charge on any atom is 0.267 e. The number of aryl methyl sites for hydroxylation is 2. The monoisotopic (exact) mass is 393 g/mol. The highest BCUT2D eigenvalue weighted by molar-refractivity contribution is 7.21. The normalized spacial score (nSPS) is 16.8. The van der Waals surface area contributed by atoms with E-state index in [0.29, 0.717) is 16.5 Å². The van der Waals surface area contributed by atoms with Gasteiger partial charge in [-0.25, -0.2) is 4.98 Å². The Hall–Kier alpha value is -2.40. The molecule has 1 atom stereocenters. The Labute approximate surface area is 170 Å². The highest BCUT2D eigenvalue weighted by Crippen LogP contribution is 2.40. The van der Waals surface area contributed by atoms with Crippen molar-refractivity contribution in [3.8, 4) is 0 Å². The van der Waals surface area contributed by atoms with Gasteiger partial charge in [0.1, 0.15) is 9.71 Å². The summed E-state index contributed by atoms with van der Waals surface area (Å²) in [6.07, 6.45) is 3.19. The number of nitrogens with zero attached hydrogens (tertiary/aromatic N) is 1. The molecule has 1 amide bonds. The molecule has 1 unspecified atom stereocenters. The van der Waals surface area contributed by atoms with E-state index in [1.807, 2.05) is 31.2 Å². The summed E-state index contributed by atoms with van der Waals surface area (Å²) < 4.78 is 0. The number of nitrogens with two attached hydrogens (primary N) is 1. The molecule has 4 nitrogen and oxygen atoms in total. The zero-order valence-electron chi connectivity index (χ0n) is 16.9. The molecular weight excluding hydrogens is 366 g/mol. The molecule has 2 aromatic heterocycles. The Kier molecular flexibility index (Phi) is 4.66. The lowest BCUT2D eigenvalue weighted by molar-refractivity contribution is 0.103. The van der Waals surface area contributed by atoms with E-state index in [0.717, 1.165) is 40.7 Å². The van der Waals surface area contributed by atoms with Crippen LogP contribution in [0.5, 0.6) is 0 Å². The van der Waals surface area contributed by atoms with E-state index in [4.69, 9.17) is 10.7 Å². The van der Waals surface area contributed by atoms with Gasteiger partial charge in [0, 0.05) is 16.8 Å². The number of rotatable bonds is 2. The molecule has 0 radical (unpaired) electrons. The lowest BCUT2D eigenvalue weighted by Crippen LogP contribution is -2.27. The van der Waals surface area contributed by atoms with Crippen molar-refractivity contribution in [2.75, 3.05) is 11.1 Å². The van der Waals surface area contributed by atoms with Gasteiger partial charge in [0.05, 0.1) is 5.69 Å². The number of nitrogens with one attached hydrogen (secondary N) is 1. The van der Waals surface area contributed by atoms with Gasteiger partial charge in [0.15, 0.2) is 0 Å². The maximum atomic E-state index is 12.8. The number of aromatic nitrogens is 1. The van der Waals surface area contributed by atoms with Crippen molar-refractivity contribution in [3.63, 3.8) is 0 Å². The van der Waals surface area contributed by atoms with Gasteiger partial charge < -0.3 is 11.1 Å². The summed E-state index contributed by atoms with van der Waals surface area (Å²) in [6, 6.07) is 9.93. The van der Waals surface area contributed by atoms with Gasteiger partial charge in [-0.1, -0.05) is 38.5 Å². The van der Waals surface area contributed by atoms with Gasteiger partial charge in [-0.3, -0.25) is 4.79 Å². The van der Waals surface area contributed by atoms with Crippen molar-refractivity contribution in [3.05, 3.63) is 52.0 Å². The van der Waals surface area contributed by atoms with E-state index in [9.17, 15) is 4.79 Å². The lowest BCUT2D eigenvalue weighted by Gasteiger charge is -2.34. The summed E-state index contributed by atoms with van der Waals surface area (Å²) in [5, 5.41) is 3.86. The molecule has 28 heavy (non-hydrogen) atoms. The average molecular weight is 394 g/mol. The van der Waals surface area contributed by atoms with Crippen LogP contribution in [0.15, 0.2) is 30.3 Å². The second-order valence-corrected chi connectivity index (χ2v) is 9.92. The zero-order valence-corrected chi connectivity index (χ0v) is 17.7. The van der Waals surface area contributed by atoms with Gasteiger partial charge in [-0.05, 0) is 61.3 Å². The number of hydrogen-bond acceptors (Lipinski definition) is 4. The Bertz CT molecular complexity index is 1040. The molecule has 1 aliphatic carbocycles. The summed E-state index contributed by atoms with van der Waals surface area (Å²) in [6.45, 7) is 8.94. The Morgan fingerprint density at radius 1 is 1.25 bits per heavy atom. The number of carbonyl (C=O) groups is 1. The Morgan fingerprint density at radius 3 is 2.64 bits per heavy atom. The molecule has 0 spiro atoms. The molecule has 4 rings (SSSR count). The minimum Gasteiger partial charge on any atom is -0.397 e. The van der Waals surface area contributed by atoms with Crippen LogP contribution in [-0.4, -0.2) is 10.9 Å². The first-order valence-corrected chi connectivity index (χ1v) is 10.6. The van der Waals surface area contributed by atoms with Crippen molar-refractivity contribution < 1.29 is 4.79 Å². The third kappa shape index (κ3) is 3.51. The second-order valence-electron chi connectivity index (χ2n) is 8.92. The number of carbonyl (C=O) groups excluding carboxylic acids is 1. The van der Waals surface area contributed by atoms with Gasteiger partial charge in [-0.15, -0.1) is 11.3 Å². The summed E-state index contributed by atoms with van der Waals surface area (Å²) in [4.78, 5) is 19.1. The number of fused-ring (bicyclic) bond motifs is 2. The van der Waals surface area contributed by atoms with Crippen molar-refractivity contribution >= 4 is 38.8 Å². The van der Waals surface area contributed by atoms with E-state index in [-0.39, 0.29) is 11.3 Å². The summed E-state index contributed by atoms with van der Waals surface area (Å²) >= 11 is 1.39. The van der Waals surface area contributed by atoms with Crippen LogP contribution in [0.3, 0.4) is 0 Å². The third-order valence-corrected chi connectivity index (χ3v) is 6.94. The van der Waals surface area contributed by atoms with Gasteiger partial charge in [0.2, 0.25) is 0 Å². The van der Waals surface area contributed by atoms with Gasteiger partial charge in [-0.2, -0.15) is 0 Å². The molecule has 0 saturated heterocycles. The highest BCUT2D eigenvalue weighted by Gasteiger charge is 2.30. The first-order valence-electron chi connectivity index (χ1n) is 9.81. The van der Waals surface area contributed by atoms with Crippen molar-refractivity contribution in [1.82, 2.24) is 4.98 Å². The van der Waals surface area contributed by atoms with E-state index in [2.05, 4.69) is 32.2 Å². The minimum absolute atomic E-state index is 0.171. The smallest absolute Gasteiger partial charge is 0.267 e. The fourth-order valence-electron chi connectivity index (χ4n) is 3.92. The molecule has 0 fully saturated rings. The molecule has 1 aliphatic rings. The number of thiophene rings is 1. The topological polar surface area (TPSA) is 68.0 Å². The number of amides is 1. The molecule has 1 aromatic carbocycles. The van der Waals surface area contributed by atoms with E-state index >= 15 is 0 Å². The predicted molar refractivity (Wildman–Crippen MR) is 118 cm³/mol. The molecule has 146 valence electrons. The van der Waals surface area contributed by atoms with Crippen molar-refractivity contribution in [2.45, 2.75) is 47.0 Å². The first-order chi connectivity index (χ1) is 13.2. The van der Waals surface area contributed by atoms with Crippen molar-refractivity contribution in [2.24, 2.45) is 11.3 Å². The number of anilines is 2. The van der Waals surface area contributed by atoms with Crippen LogP contribution in [-0.2, 0) is 12.8 Å². The second kappa shape index (κ2) is 6.89. The zero-order chi connectivity index (χ0) is 20.1. The van der Waals surface area contributed by atoms with Crippen LogP contribution in [0.25, 0.3) is 10.2 Å². The van der Waals surface area contributed by atoms with Crippen LogP contribution in [0.4, 0.5) is 11.4 Å². The predicted octanol–water partition coefficient (Wildman–Crippen LogP) is 5.59. The summed E-state index contributed by atoms with van der Waals surface area (Å²) in [5.74, 6) is 0.471. The average Bonchev–Trinajstić information content (AvgIpc) is 2.96. The molecule has 0 aliphatic heterocycles. The fraction of sp³-hybridized carbons (Fsp3) is 0.391. The van der Waals surface area contributed by atoms with E-state index in [1.54, 1.807) is 0 Å². The molecule has 3 aromatic rings. The number of nitrogen functional groups attached to an aromatic ring is 1. The van der Waals surface area contributed by atoms with Crippen LogP contribution in [0.1, 0.15) is 53.7 Å². The molecule has 5 heteroatoms. The largest absolute Gasteiger partial charge is 0.397 e. The Morgan fingerprint density at radius 2 is 1.96 bits per heavy atom. The molecule has 0 saturated carbocycles. The molecule has 2 heterocycles. The first kappa shape index (κ1) is 18.9. The van der Waals surface area contributed by atoms with E-state index in [1.165, 1.54) is 22.6 Å².